The second kappa shape index (κ2) is 6.57. The van der Waals surface area contributed by atoms with Gasteiger partial charge in [0.15, 0.2) is 5.82 Å². The van der Waals surface area contributed by atoms with Gasteiger partial charge in [0, 0.05) is 5.56 Å². The number of aryl methyl sites for hydroxylation is 1. The normalized spacial score (nSPS) is 12.0. The molecule has 1 N–H and O–H groups in total. The molecule has 7 heteroatoms. The average Bonchev–Trinajstić information content (AvgIpc) is 3.08. The van der Waals surface area contributed by atoms with Crippen molar-refractivity contribution in [2.24, 2.45) is 0 Å². The minimum atomic E-state index is -0.418. The van der Waals surface area contributed by atoms with Crippen molar-refractivity contribution in [2.45, 2.75) is 19.9 Å². The van der Waals surface area contributed by atoms with E-state index in [1.54, 1.807) is 18.5 Å². The number of rotatable bonds is 4. The number of tetrazole rings is 1. The van der Waals surface area contributed by atoms with Gasteiger partial charge in [0.05, 0.1) is 11.7 Å². The molecule has 0 saturated heterocycles. The van der Waals surface area contributed by atoms with E-state index in [1.807, 2.05) is 30.3 Å². The molecule has 1 atom stereocenters. The van der Waals surface area contributed by atoms with Crippen molar-refractivity contribution in [1.82, 2.24) is 25.5 Å². The Hall–Kier alpha value is -3.09. The van der Waals surface area contributed by atoms with E-state index in [2.05, 4.69) is 20.8 Å². The SMILES string of the molecule is Cc1cc(C(=O)N[C@H](C)c2nnnn2-c2ccccc2)ccc1F. The molecule has 0 spiro atoms. The molecule has 0 unspecified atom stereocenters. The first-order valence-electron chi connectivity index (χ1n) is 7.47. The fraction of sp³-hybridized carbons (Fsp3) is 0.176. The molecule has 0 saturated carbocycles. The molecule has 3 aromatic rings. The Bertz CT molecular complexity index is 862. The van der Waals surface area contributed by atoms with Gasteiger partial charge in [-0.3, -0.25) is 4.79 Å². The van der Waals surface area contributed by atoms with Crippen molar-refractivity contribution >= 4 is 5.91 Å². The number of para-hydroxylation sites is 1. The lowest BCUT2D eigenvalue weighted by atomic mass is 10.1. The van der Waals surface area contributed by atoms with Crippen LogP contribution in [0.3, 0.4) is 0 Å². The Kier molecular flexibility index (Phi) is 4.33. The highest BCUT2D eigenvalue weighted by molar-refractivity contribution is 5.94. The molecule has 0 fully saturated rings. The topological polar surface area (TPSA) is 72.7 Å². The molecule has 3 rings (SSSR count). The average molecular weight is 325 g/mol. The second-order valence-electron chi connectivity index (χ2n) is 5.44. The maximum absolute atomic E-state index is 13.3. The van der Waals surface area contributed by atoms with Gasteiger partial charge in [-0.2, -0.15) is 4.68 Å². The maximum Gasteiger partial charge on any atom is 0.251 e. The molecule has 0 aliphatic rings. The number of carbonyl (C=O) groups is 1. The summed E-state index contributed by atoms with van der Waals surface area (Å²) >= 11 is 0. The van der Waals surface area contributed by atoms with E-state index in [9.17, 15) is 9.18 Å². The van der Waals surface area contributed by atoms with Gasteiger partial charge < -0.3 is 5.32 Å². The molecule has 122 valence electrons. The van der Waals surface area contributed by atoms with E-state index in [-0.39, 0.29) is 11.7 Å². The smallest absolute Gasteiger partial charge is 0.251 e. The van der Waals surface area contributed by atoms with Crippen molar-refractivity contribution in [2.75, 3.05) is 0 Å². The predicted octanol–water partition coefficient (Wildman–Crippen LogP) is 2.60. The van der Waals surface area contributed by atoms with Crippen LogP contribution in [-0.2, 0) is 0 Å². The van der Waals surface area contributed by atoms with E-state index in [4.69, 9.17) is 0 Å². The maximum atomic E-state index is 13.3. The molecule has 0 aliphatic heterocycles. The standard InChI is InChI=1S/C17H16FN5O/c1-11-10-13(8-9-15(11)18)17(24)19-12(2)16-20-21-22-23(16)14-6-4-3-5-7-14/h3-10,12H,1-2H3,(H,19,24)/t12-/m1/s1. The van der Waals surface area contributed by atoms with Crippen LogP contribution in [-0.4, -0.2) is 26.1 Å². The Labute approximate surface area is 138 Å². The molecule has 24 heavy (non-hydrogen) atoms. The van der Waals surface area contributed by atoms with Crippen LogP contribution in [0.25, 0.3) is 5.69 Å². The number of carbonyl (C=O) groups excluding carboxylic acids is 1. The zero-order valence-corrected chi connectivity index (χ0v) is 13.3. The lowest BCUT2D eigenvalue weighted by Gasteiger charge is -2.14. The van der Waals surface area contributed by atoms with Crippen LogP contribution in [0.1, 0.15) is 34.7 Å². The molecule has 1 heterocycles. The van der Waals surface area contributed by atoms with Gasteiger partial charge in [0.2, 0.25) is 0 Å². The fourth-order valence-electron chi connectivity index (χ4n) is 2.35. The van der Waals surface area contributed by atoms with Crippen LogP contribution in [0.2, 0.25) is 0 Å². The minimum absolute atomic E-state index is 0.312. The van der Waals surface area contributed by atoms with E-state index in [0.29, 0.717) is 17.0 Å². The number of hydrogen-bond donors (Lipinski definition) is 1. The van der Waals surface area contributed by atoms with Gasteiger partial charge in [-0.05, 0) is 60.2 Å². The van der Waals surface area contributed by atoms with Crippen LogP contribution in [0.15, 0.2) is 48.5 Å². The summed E-state index contributed by atoms with van der Waals surface area (Å²) in [6.45, 7) is 3.41. The quantitative estimate of drug-likeness (QED) is 0.800. The van der Waals surface area contributed by atoms with Crippen molar-refractivity contribution in [1.29, 1.82) is 0 Å². The molecule has 1 aromatic heterocycles. The van der Waals surface area contributed by atoms with E-state index in [1.165, 1.54) is 18.2 Å². The van der Waals surface area contributed by atoms with Gasteiger partial charge in [-0.25, -0.2) is 4.39 Å². The minimum Gasteiger partial charge on any atom is -0.342 e. The van der Waals surface area contributed by atoms with Gasteiger partial charge in [-0.1, -0.05) is 18.2 Å². The highest BCUT2D eigenvalue weighted by Gasteiger charge is 2.19. The number of halogens is 1. The summed E-state index contributed by atoms with van der Waals surface area (Å²) in [6, 6.07) is 13.2. The molecule has 0 aliphatic carbocycles. The first-order chi connectivity index (χ1) is 11.6. The van der Waals surface area contributed by atoms with Gasteiger partial charge in [0.1, 0.15) is 5.82 Å². The molecule has 6 nitrogen and oxygen atoms in total. The first kappa shape index (κ1) is 15.8. The summed E-state index contributed by atoms with van der Waals surface area (Å²) in [4.78, 5) is 12.4. The zero-order chi connectivity index (χ0) is 17.1. The number of hydrogen-bond acceptors (Lipinski definition) is 4. The molecular weight excluding hydrogens is 309 g/mol. The number of benzene rings is 2. The molecule has 2 aromatic carbocycles. The highest BCUT2D eigenvalue weighted by Crippen LogP contribution is 2.15. The van der Waals surface area contributed by atoms with Gasteiger partial charge in [0.25, 0.3) is 5.91 Å². The summed E-state index contributed by atoms with van der Waals surface area (Å²) in [5.41, 5.74) is 1.61. The summed E-state index contributed by atoms with van der Waals surface area (Å²) in [5.74, 6) is -0.144. The van der Waals surface area contributed by atoms with Crippen LogP contribution in [0.5, 0.6) is 0 Å². The van der Waals surface area contributed by atoms with Crippen LogP contribution >= 0.6 is 0 Å². The van der Waals surface area contributed by atoms with Crippen molar-refractivity contribution in [3.63, 3.8) is 0 Å². The van der Waals surface area contributed by atoms with E-state index in [0.717, 1.165) is 5.69 Å². The largest absolute Gasteiger partial charge is 0.342 e. The molecule has 1 amide bonds. The summed E-state index contributed by atoms with van der Waals surface area (Å²) in [5, 5.41) is 14.5. The number of amides is 1. The third kappa shape index (κ3) is 3.15. The van der Waals surface area contributed by atoms with Crippen molar-refractivity contribution < 1.29 is 9.18 Å². The lowest BCUT2D eigenvalue weighted by Crippen LogP contribution is -2.28. The van der Waals surface area contributed by atoms with Gasteiger partial charge >= 0.3 is 0 Å². The summed E-state index contributed by atoms with van der Waals surface area (Å²) in [6.07, 6.45) is 0. The van der Waals surface area contributed by atoms with Crippen molar-refractivity contribution in [3.05, 3.63) is 71.3 Å². The van der Waals surface area contributed by atoms with Crippen LogP contribution < -0.4 is 5.32 Å². The van der Waals surface area contributed by atoms with Crippen molar-refractivity contribution in [3.8, 4) is 5.69 Å². The Morgan fingerprint density at radius 1 is 1.21 bits per heavy atom. The second-order valence-corrected chi connectivity index (χ2v) is 5.44. The Morgan fingerprint density at radius 2 is 1.96 bits per heavy atom. The number of nitrogens with zero attached hydrogens (tertiary/aromatic N) is 4. The summed E-state index contributed by atoms with van der Waals surface area (Å²) < 4.78 is 14.9. The molecule has 0 radical (unpaired) electrons. The van der Waals surface area contributed by atoms with E-state index < -0.39 is 6.04 Å². The Balaban J connectivity index is 1.81. The lowest BCUT2D eigenvalue weighted by molar-refractivity contribution is 0.0937. The summed E-state index contributed by atoms with van der Waals surface area (Å²) in [7, 11) is 0. The number of aromatic nitrogens is 4. The Morgan fingerprint density at radius 3 is 2.67 bits per heavy atom. The third-order valence-corrected chi connectivity index (χ3v) is 3.65. The van der Waals surface area contributed by atoms with Crippen LogP contribution in [0, 0.1) is 12.7 Å². The van der Waals surface area contributed by atoms with Crippen LogP contribution in [0.4, 0.5) is 4.39 Å². The number of nitrogens with one attached hydrogen (secondary N) is 1. The predicted molar refractivity (Wildman–Crippen MR) is 86.2 cm³/mol. The highest BCUT2D eigenvalue weighted by atomic mass is 19.1. The zero-order valence-electron chi connectivity index (χ0n) is 13.3. The first-order valence-corrected chi connectivity index (χ1v) is 7.47. The van der Waals surface area contributed by atoms with Gasteiger partial charge in [-0.15, -0.1) is 5.10 Å². The third-order valence-electron chi connectivity index (χ3n) is 3.65. The monoisotopic (exact) mass is 325 g/mol. The fourth-order valence-corrected chi connectivity index (χ4v) is 2.35. The molecule has 0 bridgehead atoms. The van der Waals surface area contributed by atoms with E-state index >= 15 is 0 Å². The molecular formula is C17H16FN5O.